The Kier molecular flexibility index (Phi) is 6.93. The van der Waals surface area contributed by atoms with Gasteiger partial charge in [-0.3, -0.25) is 9.78 Å². The van der Waals surface area contributed by atoms with Gasteiger partial charge in [0.2, 0.25) is 5.43 Å². The van der Waals surface area contributed by atoms with Crippen molar-refractivity contribution in [2.45, 2.75) is 38.0 Å². The van der Waals surface area contributed by atoms with Crippen LogP contribution in [0.4, 0.5) is 13.2 Å². The Bertz CT molecular complexity index is 1300. The summed E-state index contributed by atoms with van der Waals surface area (Å²) in [6, 6.07) is 13.3. The predicted molar refractivity (Wildman–Crippen MR) is 127 cm³/mol. The van der Waals surface area contributed by atoms with Crippen LogP contribution in [-0.4, -0.2) is 19.8 Å². The molecule has 0 amide bonds. The van der Waals surface area contributed by atoms with Gasteiger partial charge in [-0.15, -0.1) is 0 Å². The molecule has 0 saturated heterocycles. The van der Waals surface area contributed by atoms with Gasteiger partial charge in [-0.05, 0) is 35.6 Å². The second-order valence-corrected chi connectivity index (χ2v) is 8.64. The average Bonchev–Trinajstić information content (AvgIpc) is 3.02. The van der Waals surface area contributed by atoms with Gasteiger partial charge in [0.05, 0.1) is 12.3 Å². The van der Waals surface area contributed by atoms with Gasteiger partial charge < -0.3 is 14.8 Å². The quantitative estimate of drug-likeness (QED) is 0.506. The number of allylic oxidation sites excluding steroid dienone is 4. The molecular formula is C27H25F3N2O3. The fourth-order valence-electron chi connectivity index (χ4n) is 4.43. The molecule has 0 aliphatic heterocycles. The van der Waals surface area contributed by atoms with E-state index in [1.807, 2.05) is 30.4 Å². The van der Waals surface area contributed by atoms with Gasteiger partial charge in [0.25, 0.3) is 0 Å². The third-order valence-corrected chi connectivity index (χ3v) is 6.34. The Morgan fingerprint density at radius 1 is 1.17 bits per heavy atom. The monoisotopic (exact) mass is 482 g/mol. The molecule has 3 unspecified atom stereocenters. The molecule has 1 aliphatic rings. The zero-order chi connectivity index (χ0) is 25.2. The molecule has 4 rings (SSSR count). The first kappa shape index (κ1) is 24.5. The standard InChI is InChI=1S/C27H25F3N2O3/c1-17-21(18-7-3-2-4-8-18)9-5-6-10-22(17)32-16-25(35)24(34)14-20(32)13-23(33)19-11-12-26(31-15-19)27(28,29)30/h2-8,10-12,14-17,21,23,33,35H,9,13H2,1H3. The van der Waals surface area contributed by atoms with Crippen LogP contribution in [0, 0.1) is 5.92 Å². The van der Waals surface area contributed by atoms with Crippen LogP contribution in [0.15, 0.2) is 83.9 Å². The number of aromatic hydroxyl groups is 1. The number of rotatable bonds is 5. The SMILES string of the molecule is CC1C(n2cc(O)c(=O)cc2CC(O)c2ccc(C(F)(F)F)nc2)=CC=CCC1c1ccccc1. The zero-order valence-electron chi connectivity index (χ0n) is 19.0. The first-order chi connectivity index (χ1) is 16.6. The molecule has 182 valence electrons. The lowest BCUT2D eigenvalue weighted by Crippen LogP contribution is -2.20. The summed E-state index contributed by atoms with van der Waals surface area (Å²) in [6.07, 6.45) is 3.16. The molecule has 5 nitrogen and oxygen atoms in total. The van der Waals surface area contributed by atoms with E-state index in [4.69, 9.17) is 0 Å². The molecule has 1 aromatic carbocycles. The second kappa shape index (κ2) is 9.92. The van der Waals surface area contributed by atoms with Crippen molar-refractivity contribution in [1.82, 2.24) is 9.55 Å². The van der Waals surface area contributed by atoms with Crippen molar-refractivity contribution < 1.29 is 23.4 Å². The Hall–Kier alpha value is -3.65. The molecule has 0 bridgehead atoms. The van der Waals surface area contributed by atoms with Gasteiger partial charge in [0.15, 0.2) is 5.75 Å². The van der Waals surface area contributed by atoms with E-state index in [2.05, 4.69) is 30.1 Å². The molecular weight excluding hydrogens is 457 g/mol. The molecule has 2 heterocycles. The number of alkyl halides is 3. The highest BCUT2D eigenvalue weighted by molar-refractivity contribution is 5.56. The summed E-state index contributed by atoms with van der Waals surface area (Å²) in [5.41, 5.74) is 0.920. The van der Waals surface area contributed by atoms with Crippen LogP contribution < -0.4 is 5.43 Å². The minimum atomic E-state index is -4.58. The molecule has 0 spiro atoms. The molecule has 35 heavy (non-hydrogen) atoms. The molecule has 0 saturated carbocycles. The number of aliphatic hydroxyl groups is 1. The topological polar surface area (TPSA) is 75.4 Å². The van der Waals surface area contributed by atoms with E-state index in [0.717, 1.165) is 29.9 Å². The summed E-state index contributed by atoms with van der Waals surface area (Å²) in [4.78, 5) is 15.7. The summed E-state index contributed by atoms with van der Waals surface area (Å²) in [5, 5.41) is 21.0. The van der Waals surface area contributed by atoms with E-state index >= 15 is 0 Å². The molecule has 1 aliphatic carbocycles. The molecule has 2 aromatic heterocycles. The molecule has 8 heteroatoms. The molecule has 0 radical (unpaired) electrons. The summed E-state index contributed by atoms with van der Waals surface area (Å²) in [7, 11) is 0. The van der Waals surface area contributed by atoms with Crippen molar-refractivity contribution in [3.8, 4) is 5.75 Å². The summed E-state index contributed by atoms with van der Waals surface area (Å²) in [6.45, 7) is 2.06. The molecule has 3 atom stereocenters. The van der Waals surface area contributed by atoms with Crippen molar-refractivity contribution in [1.29, 1.82) is 0 Å². The number of nitrogens with zero attached hydrogens (tertiary/aromatic N) is 2. The normalized spacial score (nSPS) is 19.2. The third kappa shape index (κ3) is 5.38. The van der Waals surface area contributed by atoms with Crippen LogP contribution in [-0.2, 0) is 12.6 Å². The highest BCUT2D eigenvalue weighted by atomic mass is 19.4. The first-order valence-electron chi connectivity index (χ1n) is 11.2. The second-order valence-electron chi connectivity index (χ2n) is 8.64. The van der Waals surface area contributed by atoms with Gasteiger partial charge in [-0.1, -0.05) is 55.5 Å². The Morgan fingerprint density at radius 3 is 2.57 bits per heavy atom. The number of hydrogen-bond acceptors (Lipinski definition) is 4. The molecule has 2 N–H and O–H groups in total. The highest BCUT2D eigenvalue weighted by Crippen LogP contribution is 2.38. The summed E-state index contributed by atoms with van der Waals surface area (Å²) < 4.78 is 40.2. The third-order valence-electron chi connectivity index (χ3n) is 6.34. The van der Waals surface area contributed by atoms with E-state index in [1.54, 1.807) is 4.57 Å². The fourth-order valence-corrected chi connectivity index (χ4v) is 4.43. The van der Waals surface area contributed by atoms with Crippen LogP contribution in [0.2, 0.25) is 0 Å². The Morgan fingerprint density at radius 2 is 1.91 bits per heavy atom. The van der Waals surface area contributed by atoms with Crippen LogP contribution in [0.5, 0.6) is 5.75 Å². The highest BCUT2D eigenvalue weighted by Gasteiger charge is 2.32. The number of benzene rings is 1. The van der Waals surface area contributed by atoms with E-state index in [-0.39, 0.29) is 23.8 Å². The smallest absolute Gasteiger partial charge is 0.433 e. The summed E-state index contributed by atoms with van der Waals surface area (Å²) >= 11 is 0. The predicted octanol–water partition coefficient (Wildman–Crippen LogP) is 5.46. The largest absolute Gasteiger partial charge is 0.503 e. The van der Waals surface area contributed by atoms with Crippen LogP contribution in [0.25, 0.3) is 5.70 Å². The maximum atomic E-state index is 12.8. The van der Waals surface area contributed by atoms with Gasteiger partial charge in [0, 0.05) is 36.0 Å². The minimum Gasteiger partial charge on any atom is -0.503 e. The van der Waals surface area contributed by atoms with Gasteiger partial charge in [-0.2, -0.15) is 13.2 Å². The lowest BCUT2D eigenvalue weighted by molar-refractivity contribution is -0.141. The number of aromatic nitrogens is 2. The number of aliphatic hydroxyl groups excluding tert-OH is 1. The van der Waals surface area contributed by atoms with Crippen molar-refractivity contribution in [3.63, 3.8) is 0 Å². The average molecular weight is 483 g/mol. The molecule has 0 fully saturated rings. The number of hydrogen-bond donors (Lipinski definition) is 2. The number of pyridine rings is 2. The van der Waals surface area contributed by atoms with Crippen molar-refractivity contribution in [2.75, 3.05) is 0 Å². The van der Waals surface area contributed by atoms with Crippen molar-refractivity contribution in [3.05, 3.63) is 112 Å². The molecule has 3 aromatic rings. The fraction of sp³-hybridized carbons (Fsp3) is 0.259. The Balaban J connectivity index is 1.69. The van der Waals surface area contributed by atoms with Gasteiger partial charge in [-0.25, -0.2) is 0 Å². The van der Waals surface area contributed by atoms with E-state index < -0.39 is 29.2 Å². The minimum absolute atomic E-state index is 0.0158. The van der Waals surface area contributed by atoms with Crippen LogP contribution >= 0.6 is 0 Å². The maximum absolute atomic E-state index is 12.8. The first-order valence-corrected chi connectivity index (χ1v) is 11.2. The van der Waals surface area contributed by atoms with Crippen molar-refractivity contribution >= 4 is 5.70 Å². The maximum Gasteiger partial charge on any atom is 0.433 e. The van der Waals surface area contributed by atoms with Gasteiger partial charge in [0.1, 0.15) is 5.69 Å². The zero-order valence-corrected chi connectivity index (χ0v) is 19.0. The van der Waals surface area contributed by atoms with Crippen molar-refractivity contribution in [2.24, 2.45) is 5.92 Å². The van der Waals surface area contributed by atoms with E-state index in [0.29, 0.717) is 5.69 Å². The van der Waals surface area contributed by atoms with Crippen LogP contribution in [0.3, 0.4) is 0 Å². The van der Waals surface area contributed by atoms with E-state index in [1.165, 1.54) is 18.3 Å². The van der Waals surface area contributed by atoms with E-state index in [9.17, 15) is 28.2 Å². The lowest BCUT2D eigenvalue weighted by Gasteiger charge is -2.28. The van der Waals surface area contributed by atoms with Gasteiger partial charge >= 0.3 is 6.18 Å². The number of halogens is 3. The Labute approximate surface area is 200 Å². The van der Waals surface area contributed by atoms with Crippen LogP contribution in [0.1, 0.15) is 47.9 Å². The lowest BCUT2D eigenvalue weighted by atomic mass is 9.83. The summed E-state index contributed by atoms with van der Waals surface area (Å²) in [5.74, 6) is -0.311.